The molecule has 0 bridgehead atoms. The van der Waals surface area contributed by atoms with Crippen LogP contribution in [-0.2, 0) is 32.0 Å². The number of benzene rings is 3. The SMILES string of the molecule is COc1ccc(OC)c(CCNNC(=O)[C@@]2(CCC(=O)OC(C)(C)C)N=C(c3ccc(OCCCO)cc3)O[C@H]2c2ccccc2CN=[N+]=[N-])c1. The lowest BCUT2D eigenvalue weighted by atomic mass is 9.82. The molecule has 0 fully saturated rings. The summed E-state index contributed by atoms with van der Waals surface area (Å²) in [7, 11) is 3.17. The summed E-state index contributed by atoms with van der Waals surface area (Å²) in [5.41, 5.74) is 15.2. The summed E-state index contributed by atoms with van der Waals surface area (Å²) < 4.78 is 28.7. The molecule has 0 saturated heterocycles. The summed E-state index contributed by atoms with van der Waals surface area (Å²) in [5, 5.41) is 12.9. The Morgan fingerprint density at radius 3 is 2.47 bits per heavy atom. The van der Waals surface area contributed by atoms with Gasteiger partial charge in [0.05, 0.1) is 27.4 Å². The van der Waals surface area contributed by atoms with Gasteiger partial charge in [0, 0.05) is 36.5 Å². The van der Waals surface area contributed by atoms with Crippen LogP contribution >= 0.6 is 0 Å². The fourth-order valence-electron chi connectivity index (χ4n) is 5.60. The number of azide groups is 1. The minimum Gasteiger partial charge on any atom is -0.497 e. The van der Waals surface area contributed by atoms with Crippen molar-refractivity contribution in [3.63, 3.8) is 0 Å². The monoisotopic (exact) mass is 702 g/mol. The number of hydrogen-bond acceptors (Lipinski definition) is 11. The Bertz CT molecular complexity index is 1720. The van der Waals surface area contributed by atoms with Crippen LogP contribution in [0.1, 0.15) is 68.4 Å². The van der Waals surface area contributed by atoms with Crippen molar-refractivity contribution in [3.8, 4) is 17.2 Å². The van der Waals surface area contributed by atoms with Gasteiger partial charge in [0.1, 0.15) is 22.8 Å². The molecule has 4 rings (SSSR count). The number of amides is 1. The van der Waals surface area contributed by atoms with E-state index in [2.05, 4.69) is 20.9 Å². The van der Waals surface area contributed by atoms with Crippen molar-refractivity contribution in [1.82, 2.24) is 10.9 Å². The van der Waals surface area contributed by atoms with Gasteiger partial charge in [0.15, 0.2) is 11.6 Å². The van der Waals surface area contributed by atoms with Crippen LogP contribution in [0.5, 0.6) is 17.2 Å². The zero-order chi connectivity index (χ0) is 36.9. The summed E-state index contributed by atoms with van der Waals surface area (Å²) in [6, 6.07) is 19.7. The van der Waals surface area contributed by atoms with Gasteiger partial charge >= 0.3 is 5.97 Å². The number of nitrogens with zero attached hydrogens (tertiary/aromatic N) is 4. The first-order chi connectivity index (χ1) is 24.5. The van der Waals surface area contributed by atoms with Gasteiger partial charge in [-0.1, -0.05) is 29.4 Å². The van der Waals surface area contributed by atoms with Crippen LogP contribution in [0.3, 0.4) is 0 Å². The van der Waals surface area contributed by atoms with Crippen molar-refractivity contribution < 1.29 is 38.4 Å². The Labute approximate surface area is 297 Å². The van der Waals surface area contributed by atoms with E-state index in [0.717, 1.165) is 5.56 Å². The number of carbonyl (C=O) groups excluding carboxylic acids is 2. The van der Waals surface area contributed by atoms with E-state index in [1.807, 2.05) is 12.1 Å². The maximum Gasteiger partial charge on any atom is 0.306 e. The van der Waals surface area contributed by atoms with Crippen LogP contribution < -0.4 is 25.1 Å². The van der Waals surface area contributed by atoms with Crippen LogP contribution in [-0.4, -0.2) is 68.0 Å². The maximum atomic E-state index is 14.5. The predicted octanol–water partition coefficient (Wildman–Crippen LogP) is 5.52. The molecule has 272 valence electrons. The van der Waals surface area contributed by atoms with Crippen molar-refractivity contribution in [2.45, 2.75) is 70.2 Å². The quantitative estimate of drug-likeness (QED) is 0.0383. The second-order valence-electron chi connectivity index (χ2n) is 12.8. The minimum absolute atomic E-state index is 0.00608. The van der Waals surface area contributed by atoms with E-state index in [0.29, 0.717) is 59.9 Å². The highest BCUT2D eigenvalue weighted by Gasteiger charge is 2.54. The predicted molar refractivity (Wildman–Crippen MR) is 191 cm³/mol. The van der Waals surface area contributed by atoms with Crippen LogP contribution in [0.15, 0.2) is 76.8 Å². The normalized spacial score (nSPS) is 16.7. The number of carbonyl (C=O) groups is 2. The van der Waals surface area contributed by atoms with Crippen molar-refractivity contribution in [2.24, 2.45) is 10.1 Å². The Morgan fingerprint density at radius 2 is 1.78 bits per heavy atom. The number of esters is 1. The molecule has 0 radical (unpaired) electrons. The van der Waals surface area contributed by atoms with Gasteiger partial charge in [-0.3, -0.25) is 15.0 Å². The highest BCUT2D eigenvalue weighted by molar-refractivity contribution is 6.01. The van der Waals surface area contributed by atoms with E-state index in [9.17, 15) is 9.59 Å². The van der Waals surface area contributed by atoms with E-state index >= 15 is 0 Å². The Morgan fingerprint density at radius 1 is 1.04 bits per heavy atom. The molecule has 0 aliphatic carbocycles. The first-order valence-electron chi connectivity index (χ1n) is 16.7. The van der Waals surface area contributed by atoms with Crippen LogP contribution in [0.25, 0.3) is 10.4 Å². The molecule has 0 aromatic heterocycles. The van der Waals surface area contributed by atoms with Gasteiger partial charge in [-0.25, -0.2) is 10.4 Å². The topological polar surface area (TPSA) is 186 Å². The van der Waals surface area contributed by atoms with E-state index in [1.165, 1.54) is 0 Å². The number of ether oxygens (including phenoxy) is 5. The van der Waals surface area contributed by atoms with Crippen LogP contribution in [0.4, 0.5) is 0 Å². The number of methoxy groups -OCH3 is 2. The Balaban J connectivity index is 1.71. The minimum atomic E-state index is -1.66. The lowest BCUT2D eigenvalue weighted by molar-refractivity contribution is -0.155. The molecule has 14 nitrogen and oxygen atoms in total. The smallest absolute Gasteiger partial charge is 0.306 e. The highest BCUT2D eigenvalue weighted by atomic mass is 16.6. The standard InChI is InChI=1S/C37H46N6O8/c1-36(2,3)51-32(45)17-19-37(35(46)42-39-20-18-26-23-29(47-4)15-16-31(26)48-5)33(30-10-7-6-9-27(30)24-40-43-38)50-34(41-37)25-11-13-28(14-12-25)49-22-8-21-44/h6-7,9-16,23,33,39,44H,8,17-22,24H2,1-5H3,(H,42,46)/t33-,37-/m0/s1. The fraction of sp³-hybridized carbons (Fsp3) is 0.432. The lowest BCUT2D eigenvalue weighted by Crippen LogP contribution is -2.53. The first-order valence-corrected chi connectivity index (χ1v) is 16.7. The summed E-state index contributed by atoms with van der Waals surface area (Å²) in [4.78, 5) is 35.5. The van der Waals surface area contributed by atoms with Gasteiger partial charge in [-0.2, -0.15) is 0 Å². The molecule has 3 aromatic rings. The maximum absolute atomic E-state index is 14.5. The average Bonchev–Trinajstić information content (AvgIpc) is 3.52. The van der Waals surface area contributed by atoms with E-state index in [-0.39, 0.29) is 31.9 Å². The molecule has 1 amide bonds. The van der Waals surface area contributed by atoms with Crippen molar-refractivity contribution in [1.29, 1.82) is 0 Å². The molecule has 0 saturated carbocycles. The zero-order valence-corrected chi connectivity index (χ0v) is 29.7. The third kappa shape index (κ3) is 10.4. The molecule has 51 heavy (non-hydrogen) atoms. The number of hydrogen-bond donors (Lipinski definition) is 3. The van der Waals surface area contributed by atoms with Crippen LogP contribution in [0, 0.1) is 0 Å². The summed E-state index contributed by atoms with van der Waals surface area (Å²) in [5.74, 6) is 1.09. The van der Waals surface area contributed by atoms with E-state index in [1.54, 1.807) is 89.6 Å². The molecule has 3 N–H and O–H groups in total. The number of aliphatic hydroxyl groups excluding tert-OH is 1. The zero-order valence-electron chi connectivity index (χ0n) is 29.7. The first kappa shape index (κ1) is 38.5. The molecule has 1 aliphatic rings. The molecule has 0 unspecified atom stereocenters. The molecule has 0 spiro atoms. The van der Waals surface area contributed by atoms with Crippen molar-refractivity contribution >= 4 is 17.8 Å². The van der Waals surface area contributed by atoms with Crippen LogP contribution in [0.2, 0.25) is 0 Å². The second kappa shape index (κ2) is 18.1. The van der Waals surface area contributed by atoms with E-state index < -0.39 is 29.1 Å². The molecular formula is C37H46N6O8. The van der Waals surface area contributed by atoms with Gasteiger partial charge in [-0.05, 0) is 98.3 Å². The number of hydrazine groups is 1. The average molecular weight is 703 g/mol. The van der Waals surface area contributed by atoms with Gasteiger partial charge in [0.2, 0.25) is 5.90 Å². The molecular weight excluding hydrogens is 656 g/mol. The molecule has 1 heterocycles. The lowest BCUT2D eigenvalue weighted by Gasteiger charge is -2.32. The molecule has 1 aliphatic heterocycles. The highest BCUT2D eigenvalue weighted by Crippen LogP contribution is 2.44. The van der Waals surface area contributed by atoms with Crippen molar-refractivity contribution in [2.75, 3.05) is 34.0 Å². The fourth-order valence-corrected chi connectivity index (χ4v) is 5.60. The van der Waals surface area contributed by atoms with Gasteiger partial charge < -0.3 is 28.8 Å². The largest absolute Gasteiger partial charge is 0.497 e. The third-order valence-corrected chi connectivity index (χ3v) is 8.01. The number of aliphatic imine (C=N–C) groups is 1. The van der Waals surface area contributed by atoms with Gasteiger partial charge in [-0.15, -0.1) is 0 Å². The number of rotatable bonds is 18. The molecule has 14 heteroatoms. The second-order valence-corrected chi connectivity index (χ2v) is 12.8. The Kier molecular flexibility index (Phi) is 13.7. The molecule has 3 aromatic carbocycles. The summed E-state index contributed by atoms with van der Waals surface area (Å²) >= 11 is 0. The van der Waals surface area contributed by atoms with Gasteiger partial charge in [0.25, 0.3) is 5.91 Å². The number of aliphatic hydroxyl groups is 1. The number of nitrogens with one attached hydrogen (secondary N) is 2. The van der Waals surface area contributed by atoms with E-state index in [4.69, 9.17) is 39.3 Å². The summed E-state index contributed by atoms with van der Waals surface area (Å²) in [6.45, 7) is 6.02. The third-order valence-electron chi connectivity index (χ3n) is 8.01. The van der Waals surface area contributed by atoms with Crippen molar-refractivity contribution in [3.05, 3.63) is 99.4 Å². The Hall–Kier alpha value is -5.30. The molecule has 2 atom stereocenters. The summed E-state index contributed by atoms with van der Waals surface area (Å²) in [6.07, 6.45) is -0.239.